The van der Waals surface area contributed by atoms with Gasteiger partial charge in [0.2, 0.25) is 0 Å². The molecule has 0 unspecified atom stereocenters. The lowest BCUT2D eigenvalue weighted by atomic mass is 10.1. The number of ether oxygens (including phenoxy) is 2. The van der Waals surface area contributed by atoms with Crippen LogP contribution in [0.1, 0.15) is 21.5 Å². The van der Waals surface area contributed by atoms with Crippen molar-refractivity contribution >= 4 is 51.1 Å². The summed E-state index contributed by atoms with van der Waals surface area (Å²) in [5.41, 5.74) is 3.48. The van der Waals surface area contributed by atoms with Gasteiger partial charge in [-0.25, -0.2) is 4.98 Å². The predicted molar refractivity (Wildman–Crippen MR) is 196 cm³/mol. The number of aromatic nitrogens is 2. The number of nitro benzene ring substituents is 2. The predicted octanol–water partition coefficient (Wildman–Crippen LogP) is 7.28. The summed E-state index contributed by atoms with van der Waals surface area (Å²) in [6, 6.07) is 15.4. The maximum atomic E-state index is 13.7. The number of para-hydroxylation sites is 2. The summed E-state index contributed by atoms with van der Waals surface area (Å²) in [4.78, 5) is 43.5. The number of carbonyl (C=O) groups excluding carboxylic acids is 1. The van der Waals surface area contributed by atoms with Gasteiger partial charge in [0.1, 0.15) is 11.5 Å². The number of nitro groups is 2. The molecule has 0 spiro atoms. The van der Waals surface area contributed by atoms with Crippen LogP contribution in [0.3, 0.4) is 0 Å². The number of rotatable bonds is 7. The van der Waals surface area contributed by atoms with E-state index in [1.165, 1.54) is 48.5 Å². The number of carbonyl (C=O) groups is 1. The third-order valence-corrected chi connectivity index (χ3v) is 9.06. The van der Waals surface area contributed by atoms with Gasteiger partial charge in [0.25, 0.3) is 17.3 Å². The fourth-order valence-corrected chi connectivity index (χ4v) is 6.29. The molecule has 0 saturated carbocycles. The normalized spacial score (nSPS) is 14.8. The zero-order valence-electron chi connectivity index (χ0n) is 29.5. The number of halogens is 6. The van der Waals surface area contributed by atoms with Gasteiger partial charge in [0.05, 0.1) is 58.6 Å². The minimum atomic E-state index is -4.67. The number of amides is 1. The van der Waals surface area contributed by atoms with Crippen molar-refractivity contribution in [2.24, 2.45) is 0 Å². The van der Waals surface area contributed by atoms with Crippen LogP contribution < -0.4 is 20.9 Å². The Balaban J connectivity index is 0.000000193. The number of hydrogen-bond donors (Lipinski definition) is 3. The number of aromatic amines is 1. The Morgan fingerprint density at radius 2 is 1.28 bits per heavy atom. The van der Waals surface area contributed by atoms with Crippen molar-refractivity contribution < 1.29 is 50.5 Å². The van der Waals surface area contributed by atoms with Gasteiger partial charge < -0.3 is 35.3 Å². The van der Waals surface area contributed by atoms with Crippen LogP contribution in [0.25, 0.3) is 22.4 Å². The Morgan fingerprint density at radius 3 is 1.84 bits per heavy atom. The Bertz CT molecular complexity index is 2310. The van der Waals surface area contributed by atoms with Crippen LogP contribution in [0.15, 0.2) is 72.8 Å². The lowest BCUT2D eigenvalue weighted by molar-refractivity contribution is -0.383. The van der Waals surface area contributed by atoms with Gasteiger partial charge in [0, 0.05) is 60.8 Å². The van der Waals surface area contributed by atoms with Gasteiger partial charge in [-0.1, -0.05) is 12.1 Å². The summed E-state index contributed by atoms with van der Waals surface area (Å²) in [6.07, 6.45) is -9.23. The highest BCUT2D eigenvalue weighted by Gasteiger charge is 2.37. The zero-order chi connectivity index (χ0) is 41.1. The Labute approximate surface area is 318 Å². The maximum absolute atomic E-state index is 13.7. The largest absolute Gasteiger partial charge is 0.418 e. The molecule has 2 saturated heterocycles. The molecule has 15 nitrogen and oxygen atoms in total. The Morgan fingerprint density at radius 1 is 0.754 bits per heavy atom. The van der Waals surface area contributed by atoms with E-state index in [0.717, 1.165) is 18.2 Å². The molecule has 1 aromatic heterocycles. The minimum absolute atomic E-state index is 0.0350. The third-order valence-electron chi connectivity index (χ3n) is 9.06. The van der Waals surface area contributed by atoms with Gasteiger partial charge in [-0.15, -0.1) is 0 Å². The van der Waals surface area contributed by atoms with E-state index in [2.05, 4.69) is 15.3 Å². The van der Waals surface area contributed by atoms with E-state index < -0.39 is 44.9 Å². The maximum Gasteiger partial charge on any atom is 0.418 e. The summed E-state index contributed by atoms with van der Waals surface area (Å²) >= 11 is 0. The number of morpholine rings is 2. The summed E-state index contributed by atoms with van der Waals surface area (Å²) in [5.74, 6) is -0.723. The number of non-ortho nitro benzene ring substituents is 1. The van der Waals surface area contributed by atoms with Crippen LogP contribution in [0.4, 0.5) is 60.5 Å². The van der Waals surface area contributed by atoms with E-state index in [1.807, 2.05) is 0 Å². The van der Waals surface area contributed by atoms with Crippen molar-refractivity contribution in [1.29, 1.82) is 0 Å². The van der Waals surface area contributed by atoms with Crippen molar-refractivity contribution in [1.82, 2.24) is 9.97 Å². The number of hydrogen-bond acceptors (Lipinski definition) is 11. The van der Waals surface area contributed by atoms with Gasteiger partial charge in [-0.05, 0) is 48.5 Å². The number of anilines is 4. The summed E-state index contributed by atoms with van der Waals surface area (Å²) in [6.45, 7) is 2.71. The third kappa shape index (κ3) is 8.99. The number of benzene rings is 4. The molecule has 2 aliphatic rings. The lowest BCUT2D eigenvalue weighted by Gasteiger charge is -2.31. The number of nitrogen functional groups attached to an aromatic ring is 1. The molecule has 3 heterocycles. The first-order chi connectivity index (χ1) is 27.0. The number of fused-ring (bicyclic) bond motifs is 1. The Kier molecular flexibility index (Phi) is 11.5. The molecular formula is C36H32F6N8O7. The number of imidazole rings is 1. The lowest BCUT2D eigenvalue weighted by Crippen LogP contribution is -2.37. The van der Waals surface area contributed by atoms with E-state index in [4.69, 9.17) is 15.2 Å². The highest BCUT2D eigenvalue weighted by Crippen LogP contribution is 2.40. The average Bonchev–Trinajstić information content (AvgIpc) is 3.63. The Hall–Kier alpha value is -6.48. The molecule has 0 bridgehead atoms. The molecule has 4 N–H and O–H groups in total. The molecule has 0 atom stereocenters. The first-order valence-electron chi connectivity index (χ1n) is 17.1. The summed E-state index contributed by atoms with van der Waals surface area (Å²) in [7, 11) is 0. The first-order valence-corrected chi connectivity index (χ1v) is 17.1. The van der Waals surface area contributed by atoms with Gasteiger partial charge >= 0.3 is 12.4 Å². The van der Waals surface area contributed by atoms with E-state index >= 15 is 0 Å². The van der Waals surface area contributed by atoms with Crippen molar-refractivity contribution in [3.05, 3.63) is 110 Å². The van der Waals surface area contributed by atoms with Crippen LogP contribution in [0, 0.1) is 20.2 Å². The molecule has 21 heteroatoms. The highest BCUT2D eigenvalue weighted by atomic mass is 19.4. The number of H-pyrrole nitrogens is 1. The molecule has 2 fully saturated rings. The van der Waals surface area contributed by atoms with E-state index in [9.17, 15) is 51.4 Å². The second kappa shape index (κ2) is 16.3. The topological polar surface area (TPSA) is 195 Å². The zero-order valence-corrected chi connectivity index (χ0v) is 29.5. The van der Waals surface area contributed by atoms with E-state index in [-0.39, 0.29) is 50.9 Å². The monoisotopic (exact) mass is 802 g/mol. The highest BCUT2D eigenvalue weighted by molar-refractivity contribution is 6.06. The molecule has 7 rings (SSSR count). The molecule has 4 aromatic carbocycles. The van der Waals surface area contributed by atoms with Crippen molar-refractivity contribution in [2.75, 3.05) is 73.5 Å². The molecule has 0 aliphatic carbocycles. The van der Waals surface area contributed by atoms with Crippen LogP contribution in [-0.2, 0) is 21.8 Å². The molecule has 1 amide bonds. The number of nitrogens with two attached hydrogens (primary N) is 1. The van der Waals surface area contributed by atoms with Gasteiger partial charge in [0.15, 0.2) is 5.52 Å². The molecule has 300 valence electrons. The van der Waals surface area contributed by atoms with Crippen molar-refractivity contribution in [2.45, 2.75) is 12.4 Å². The number of nitrogens with one attached hydrogen (secondary N) is 2. The quantitative estimate of drug-likeness (QED) is 0.0648. The van der Waals surface area contributed by atoms with Gasteiger partial charge in [-0.3, -0.25) is 25.0 Å². The van der Waals surface area contributed by atoms with Gasteiger partial charge in [-0.2, -0.15) is 26.3 Å². The van der Waals surface area contributed by atoms with Crippen molar-refractivity contribution in [3.8, 4) is 11.4 Å². The molecule has 0 radical (unpaired) electrons. The second-order valence-electron chi connectivity index (χ2n) is 12.6. The average molecular weight is 803 g/mol. The molecular weight excluding hydrogens is 770 g/mol. The van der Waals surface area contributed by atoms with Crippen LogP contribution >= 0.6 is 0 Å². The molecule has 2 aliphatic heterocycles. The SMILES string of the molecule is Nc1c(NC(=O)c2ccc(N3CCOCC3)c(C(F)(F)F)c2)cccc1[N+](=O)[O-].O=[N+]([O-])c1cccc2[nH]c(-c3ccc(N4CCOCC4)c(C(F)(F)F)c3)nc12. The van der Waals surface area contributed by atoms with E-state index in [0.29, 0.717) is 58.1 Å². The smallest absolute Gasteiger partial charge is 0.391 e. The van der Waals surface area contributed by atoms with Crippen LogP contribution in [0.2, 0.25) is 0 Å². The number of alkyl halides is 6. The fraction of sp³-hybridized carbons (Fsp3) is 0.278. The molecule has 5 aromatic rings. The fourth-order valence-electron chi connectivity index (χ4n) is 6.29. The van der Waals surface area contributed by atoms with Crippen molar-refractivity contribution in [3.63, 3.8) is 0 Å². The standard InChI is InChI=1S/C18H17F3N4O4.C18H15F3N4O3/c19-18(20,21)12-10-11(4-5-14(12)24-6-8-29-9-7-24)17(26)23-13-2-1-3-15(16(13)22)25(27)28;19-18(20,21)12-10-11(4-5-14(12)24-6-8-28-9-7-24)17-22-13-2-1-3-15(25(26)27)16(13)23-17/h1-5,10H,6-9,22H2,(H,23,26);1-5,10H,6-9H2,(H,22,23). The van der Waals surface area contributed by atoms with Crippen LogP contribution in [0.5, 0.6) is 0 Å². The minimum Gasteiger partial charge on any atom is -0.391 e. The molecule has 57 heavy (non-hydrogen) atoms. The first kappa shape index (κ1) is 40.2. The number of nitrogens with zero attached hydrogens (tertiary/aromatic N) is 5. The van der Waals surface area contributed by atoms with E-state index in [1.54, 1.807) is 15.9 Å². The van der Waals surface area contributed by atoms with Crippen LogP contribution in [-0.4, -0.2) is 78.3 Å². The summed E-state index contributed by atoms with van der Waals surface area (Å²) < 4.78 is 92.2. The summed E-state index contributed by atoms with van der Waals surface area (Å²) in [5, 5.41) is 24.4. The second-order valence-corrected chi connectivity index (χ2v) is 12.6.